The number of aromatic carboxylic acids is 1. The number of benzene rings is 2. The van der Waals surface area contributed by atoms with Crippen molar-refractivity contribution >= 4 is 11.9 Å². The average molecular weight is 466 g/mol. The minimum absolute atomic E-state index is 0.199. The Labute approximate surface area is 203 Å². The smallest absolute Gasteiger partial charge is 0.335 e. The predicted molar refractivity (Wildman–Crippen MR) is 129 cm³/mol. The van der Waals surface area contributed by atoms with Crippen molar-refractivity contribution < 1.29 is 19.4 Å². The lowest BCUT2D eigenvalue weighted by Crippen LogP contribution is -2.29. The molecule has 7 heteroatoms. The molecule has 4 rings (SSSR count). The zero-order valence-corrected chi connectivity index (χ0v) is 19.4. The Morgan fingerprint density at radius 2 is 2.03 bits per heavy atom. The van der Waals surface area contributed by atoms with E-state index in [1.807, 2.05) is 6.92 Å². The van der Waals surface area contributed by atoms with Gasteiger partial charge in [-0.25, -0.2) is 4.79 Å². The predicted octanol–water partition coefficient (Wildman–Crippen LogP) is 3.98. The van der Waals surface area contributed by atoms with Gasteiger partial charge >= 0.3 is 5.97 Å². The second-order valence-electron chi connectivity index (χ2n) is 8.51. The highest BCUT2D eigenvalue weighted by molar-refractivity contribution is 5.94. The number of ether oxygens (including phenoxy) is 1. The van der Waals surface area contributed by atoms with Crippen LogP contribution >= 0.6 is 0 Å². The van der Waals surface area contributed by atoms with Crippen LogP contribution in [0.3, 0.4) is 0 Å². The van der Waals surface area contributed by atoms with E-state index in [0.717, 1.165) is 5.56 Å². The van der Waals surface area contributed by atoms with Crippen molar-refractivity contribution in [3.05, 3.63) is 93.8 Å². The highest BCUT2D eigenvalue weighted by Gasteiger charge is 2.34. The van der Waals surface area contributed by atoms with Crippen molar-refractivity contribution in [3.8, 4) is 23.7 Å². The first-order chi connectivity index (χ1) is 16.8. The van der Waals surface area contributed by atoms with Crippen LogP contribution in [0.1, 0.15) is 62.0 Å². The van der Waals surface area contributed by atoms with Gasteiger partial charge < -0.3 is 15.2 Å². The number of nitrogens with zero attached hydrogens (tertiary/aromatic N) is 2. The lowest BCUT2D eigenvalue weighted by Gasteiger charge is -2.30. The summed E-state index contributed by atoms with van der Waals surface area (Å²) >= 11 is 0. The minimum atomic E-state index is -0.989. The van der Waals surface area contributed by atoms with E-state index in [4.69, 9.17) is 4.74 Å². The molecule has 1 aliphatic rings. The van der Waals surface area contributed by atoms with Crippen LogP contribution in [-0.4, -0.2) is 28.6 Å². The van der Waals surface area contributed by atoms with Crippen LogP contribution in [-0.2, 0) is 12.0 Å². The molecule has 35 heavy (non-hydrogen) atoms. The van der Waals surface area contributed by atoms with Gasteiger partial charge in [0, 0.05) is 34.9 Å². The molecule has 0 unspecified atom stereocenters. The van der Waals surface area contributed by atoms with E-state index in [0.29, 0.717) is 46.7 Å². The Morgan fingerprint density at radius 3 is 2.80 bits per heavy atom. The molecule has 1 atom stereocenters. The largest absolute Gasteiger partial charge is 0.493 e. The molecule has 2 aromatic carbocycles. The van der Waals surface area contributed by atoms with Crippen LogP contribution < -0.4 is 10.1 Å². The molecule has 3 aromatic rings. The van der Waals surface area contributed by atoms with Gasteiger partial charge in [-0.1, -0.05) is 17.9 Å². The maximum absolute atomic E-state index is 12.8. The Morgan fingerprint density at radius 1 is 1.20 bits per heavy atom. The van der Waals surface area contributed by atoms with Gasteiger partial charge in [-0.15, -0.1) is 0 Å². The summed E-state index contributed by atoms with van der Waals surface area (Å²) in [5.41, 5.74) is 3.26. The van der Waals surface area contributed by atoms with Crippen molar-refractivity contribution in [2.75, 3.05) is 6.61 Å². The Balaban J connectivity index is 1.48. The van der Waals surface area contributed by atoms with Gasteiger partial charge in [0.1, 0.15) is 5.75 Å². The molecule has 1 aromatic heterocycles. The number of carbonyl (C=O) groups is 2. The molecule has 0 aliphatic carbocycles. The van der Waals surface area contributed by atoms with Crippen molar-refractivity contribution in [3.63, 3.8) is 0 Å². The number of nitriles is 1. The van der Waals surface area contributed by atoms with Crippen molar-refractivity contribution in [2.45, 2.75) is 32.2 Å². The van der Waals surface area contributed by atoms with Gasteiger partial charge in [0.25, 0.3) is 5.91 Å². The average Bonchev–Trinajstić information content (AvgIpc) is 2.87. The number of pyridine rings is 1. The molecule has 2 heterocycles. The summed E-state index contributed by atoms with van der Waals surface area (Å²) in [4.78, 5) is 28.4. The topological polar surface area (TPSA) is 112 Å². The first kappa shape index (κ1) is 23.5. The fourth-order valence-corrected chi connectivity index (χ4v) is 3.91. The normalized spacial score (nSPS) is 16.0. The molecular weight excluding hydrogens is 442 g/mol. The summed E-state index contributed by atoms with van der Waals surface area (Å²) < 4.78 is 5.64. The van der Waals surface area contributed by atoms with Crippen molar-refractivity contribution in [1.82, 2.24) is 10.3 Å². The maximum Gasteiger partial charge on any atom is 0.335 e. The fraction of sp³-hybridized carbons (Fsp3) is 0.214. The number of hydrogen-bond donors (Lipinski definition) is 2. The molecule has 0 saturated heterocycles. The van der Waals surface area contributed by atoms with Crippen LogP contribution in [0.25, 0.3) is 0 Å². The number of nitrogens with one attached hydrogen (secondary N) is 1. The maximum atomic E-state index is 12.8. The van der Waals surface area contributed by atoms with Gasteiger partial charge in [-0.3, -0.25) is 9.78 Å². The first-order valence-corrected chi connectivity index (χ1v) is 11.1. The molecule has 1 amide bonds. The van der Waals surface area contributed by atoms with Crippen LogP contribution in [0, 0.1) is 30.1 Å². The summed E-state index contributed by atoms with van der Waals surface area (Å²) in [7, 11) is 0. The van der Waals surface area contributed by atoms with Gasteiger partial charge in [0.05, 0.1) is 35.9 Å². The zero-order chi connectivity index (χ0) is 25.0. The van der Waals surface area contributed by atoms with Gasteiger partial charge in [-0.2, -0.15) is 5.26 Å². The number of fused-ring (bicyclic) bond motifs is 1. The lowest BCUT2D eigenvalue weighted by molar-refractivity contribution is 0.0695. The van der Waals surface area contributed by atoms with E-state index >= 15 is 0 Å². The second-order valence-corrected chi connectivity index (χ2v) is 8.51. The first-order valence-electron chi connectivity index (χ1n) is 11.1. The number of amides is 1. The SMILES string of the molecule is Cc1c(C#Cc2ccnc(CNC(=O)c3ccc4c(c3)[C@](C)(C#N)CCO4)c2)cccc1C(=O)O. The number of carboxylic acids is 1. The number of rotatable bonds is 4. The van der Waals surface area contributed by atoms with Crippen LogP contribution in [0.5, 0.6) is 5.75 Å². The molecule has 174 valence electrons. The number of carboxylic acid groups (broad SMARTS) is 1. The quantitative estimate of drug-likeness (QED) is 0.564. The monoisotopic (exact) mass is 465 g/mol. The van der Waals surface area contributed by atoms with E-state index in [2.05, 4.69) is 28.2 Å². The van der Waals surface area contributed by atoms with Crippen molar-refractivity contribution in [2.24, 2.45) is 0 Å². The molecule has 2 N–H and O–H groups in total. The molecule has 0 bridgehead atoms. The van der Waals surface area contributed by atoms with E-state index in [9.17, 15) is 20.0 Å². The number of carbonyl (C=O) groups excluding carboxylic acids is 1. The zero-order valence-electron chi connectivity index (χ0n) is 19.4. The third-order valence-electron chi connectivity index (χ3n) is 6.09. The summed E-state index contributed by atoms with van der Waals surface area (Å²) in [5, 5.41) is 21.8. The van der Waals surface area contributed by atoms with E-state index in [1.54, 1.807) is 61.7 Å². The van der Waals surface area contributed by atoms with E-state index in [-0.39, 0.29) is 18.0 Å². The summed E-state index contributed by atoms with van der Waals surface area (Å²) in [5.74, 6) is 5.42. The van der Waals surface area contributed by atoms with Crippen LogP contribution in [0.15, 0.2) is 54.7 Å². The van der Waals surface area contributed by atoms with E-state index < -0.39 is 11.4 Å². The third-order valence-corrected chi connectivity index (χ3v) is 6.09. The highest BCUT2D eigenvalue weighted by atomic mass is 16.5. The summed E-state index contributed by atoms with van der Waals surface area (Å²) in [6.07, 6.45) is 2.18. The molecule has 1 aliphatic heterocycles. The number of hydrogen-bond acceptors (Lipinski definition) is 5. The Kier molecular flexibility index (Phi) is 6.53. The standard InChI is InChI=1S/C28H23N3O4/c1-18-20(4-3-5-23(18)27(33)34)7-6-19-10-12-30-22(14-19)16-31-26(32)21-8-9-25-24(15-21)28(2,17-29)11-13-35-25/h3-5,8-10,12,14-15H,11,13,16H2,1-2H3,(H,31,32)(H,33,34)/t28-/m0/s1. The Hall–Kier alpha value is -4.62. The third kappa shape index (κ3) is 5.00. The van der Waals surface area contributed by atoms with Gasteiger partial charge in [0.15, 0.2) is 0 Å². The van der Waals surface area contributed by atoms with Crippen molar-refractivity contribution in [1.29, 1.82) is 5.26 Å². The molecule has 7 nitrogen and oxygen atoms in total. The van der Waals surface area contributed by atoms with Gasteiger partial charge in [-0.05, 0) is 61.9 Å². The molecule has 0 radical (unpaired) electrons. The summed E-state index contributed by atoms with van der Waals surface area (Å²) in [6.45, 7) is 4.25. The fourth-order valence-electron chi connectivity index (χ4n) is 3.91. The Bertz CT molecular complexity index is 1430. The molecule has 0 saturated carbocycles. The van der Waals surface area contributed by atoms with E-state index in [1.165, 1.54) is 0 Å². The molecule has 0 fully saturated rings. The molecule has 0 spiro atoms. The van der Waals surface area contributed by atoms with Crippen LogP contribution in [0.4, 0.5) is 0 Å². The lowest BCUT2D eigenvalue weighted by atomic mass is 9.78. The molecular formula is C28H23N3O4. The highest BCUT2D eigenvalue weighted by Crippen LogP contribution is 2.38. The van der Waals surface area contributed by atoms with Crippen LogP contribution in [0.2, 0.25) is 0 Å². The summed E-state index contributed by atoms with van der Waals surface area (Å²) in [6, 6.07) is 16.0. The van der Waals surface area contributed by atoms with Gasteiger partial charge in [0.2, 0.25) is 0 Å². The second kappa shape index (κ2) is 9.70. The number of aromatic nitrogens is 1. The minimum Gasteiger partial charge on any atom is -0.493 e.